The Balaban J connectivity index is 3.09. The van der Waals surface area contributed by atoms with Crippen molar-refractivity contribution >= 4 is 17.3 Å². The number of hydrogen-bond donors (Lipinski definition) is 1. The van der Waals surface area contributed by atoms with Crippen molar-refractivity contribution in [3.8, 4) is 0 Å². The van der Waals surface area contributed by atoms with Gasteiger partial charge in [-0.15, -0.1) is 11.3 Å². The fourth-order valence-electron chi connectivity index (χ4n) is 1.55. The Morgan fingerprint density at radius 2 is 2.06 bits per heavy atom. The zero-order chi connectivity index (χ0) is 14.0. The van der Waals surface area contributed by atoms with Gasteiger partial charge in [0, 0.05) is 12.0 Å². The number of rotatable bonds is 6. The Hall–Kier alpha value is -0.940. The van der Waals surface area contributed by atoms with Gasteiger partial charge in [0.15, 0.2) is 0 Å². The largest absolute Gasteiger partial charge is 0.481 e. The molecular weight excluding hydrogens is 250 g/mol. The van der Waals surface area contributed by atoms with E-state index < -0.39 is 17.0 Å². The summed E-state index contributed by atoms with van der Waals surface area (Å²) in [6.07, 6.45) is 0.807. The Morgan fingerprint density at radius 1 is 1.44 bits per heavy atom. The van der Waals surface area contributed by atoms with Gasteiger partial charge in [-0.25, -0.2) is 4.98 Å². The van der Waals surface area contributed by atoms with Crippen molar-refractivity contribution in [2.45, 2.75) is 52.1 Å². The van der Waals surface area contributed by atoms with Gasteiger partial charge >= 0.3 is 5.97 Å². The van der Waals surface area contributed by atoms with E-state index in [2.05, 4.69) is 4.98 Å². The van der Waals surface area contributed by atoms with Crippen LogP contribution in [0.3, 0.4) is 0 Å². The lowest BCUT2D eigenvalue weighted by Crippen LogP contribution is -2.30. The van der Waals surface area contributed by atoms with Crippen molar-refractivity contribution in [1.29, 1.82) is 0 Å². The van der Waals surface area contributed by atoms with Gasteiger partial charge in [-0.1, -0.05) is 6.92 Å². The van der Waals surface area contributed by atoms with Crippen LogP contribution in [0.4, 0.5) is 0 Å². The normalized spacial score (nSPS) is 15.4. The standard InChI is InChI=1S/C13H21NO3S/c1-6-13(5,17-7-2)10-14-9(8-18-10)12(3,4)11(15)16/h8H,6-7H2,1-5H3,(H,15,16). The van der Waals surface area contributed by atoms with Crippen molar-refractivity contribution in [2.24, 2.45) is 0 Å². The lowest BCUT2D eigenvalue weighted by molar-refractivity contribution is -0.142. The Bertz CT molecular complexity index is 428. The van der Waals surface area contributed by atoms with Crippen LogP contribution in [-0.2, 0) is 20.5 Å². The zero-order valence-electron chi connectivity index (χ0n) is 11.6. The molecular formula is C13H21NO3S. The van der Waals surface area contributed by atoms with Gasteiger partial charge < -0.3 is 9.84 Å². The molecule has 0 aromatic carbocycles. The molecule has 1 N–H and O–H groups in total. The second-order valence-corrected chi connectivity index (χ2v) is 5.84. The summed E-state index contributed by atoms with van der Waals surface area (Å²) in [5.74, 6) is -0.867. The molecule has 0 saturated heterocycles. The van der Waals surface area contributed by atoms with Gasteiger partial charge in [-0.2, -0.15) is 0 Å². The van der Waals surface area contributed by atoms with E-state index in [0.29, 0.717) is 12.3 Å². The quantitative estimate of drug-likeness (QED) is 0.863. The maximum atomic E-state index is 11.2. The van der Waals surface area contributed by atoms with Gasteiger partial charge in [0.1, 0.15) is 16.0 Å². The van der Waals surface area contributed by atoms with Crippen molar-refractivity contribution in [2.75, 3.05) is 6.61 Å². The molecule has 102 valence electrons. The van der Waals surface area contributed by atoms with Crippen molar-refractivity contribution in [3.05, 3.63) is 16.1 Å². The first kappa shape index (κ1) is 15.1. The molecule has 0 radical (unpaired) electrons. The number of aromatic nitrogens is 1. The smallest absolute Gasteiger partial charge is 0.315 e. The number of nitrogens with zero attached hydrogens (tertiary/aromatic N) is 1. The minimum atomic E-state index is -0.963. The second kappa shape index (κ2) is 5.36. The molecule has 1 heterocycles. The summed E-state index contributed by atoms with van der Waals surface area (Å²) < 4.78 is 5.75. The second-order valence-electron chi connectivity index (χ2n) is 4.99. The van der Waals surface area contributed by atoms with Crippen molar-refractivity contribution < 1.29 is 14.6 Å². The molecule has 0 aliphatic rings. The van der Waals surface area contributed by atoms with Gasteiger partial charge in [0.25, 0.3) is 0 Å². The van der Waals surface area contributed by atoms with E-state index in [1.165, 1.54) is 11.3 Å². The van der Waals surface area contributed by atoms with Crippen LogP contribution in [0.15, 0.2) is 5.38 Å². The van der Waals surface area contributed by atoms with Crippen LogP contribution < -0.4 is 0 Å². The highest BCUT2D eigenvalue weighted by Gasteiger charge is 2.35. The van der Waals surface area contributed by atoms with Crippen LogP contribution in [0.2, 0.25) is 0 Å². The van der Waals surface area contributed by atoms with E-state index in [1.807, 2.05) is 26.2 Å². The fourth-order valence-corrected chi connectivity index (χ4v) is 2.72. The first-order valence-electron chi connectivity index (χ1n) is 6.11. The van der Waals surface area contributed by atoms with Crippen LogP contribution in [0, 0.1) is 0 Å². The van der Waals surface area contributed by atoms with Crippen LogP contribution in [-0.4, -0.2) is 22.7 Å². The molecule has 18 heavy (non-hydrogen) atoms. The number of aliphatic carboxylic acids is 1. The first-order chi connectivity index (χ1) is 8.28. The highest BCUT2D eigenvalue weighted by molar-refractivity contribution is 7.09. The third kappa shape index (κ3) is 2.72. The third-order valence-corrected chi connectivity index (χ3v) is 4.36. The average molecular weight is 271 g/mol. The summed E-state index contributed by atoms with van der Waals surface area (Å²) in [7, 11) is 0. The molecule has 1 atom stereocenters. The lowest BCUT2D eigenvalue weighted by Gasteiger charge is -2.26. The lowest BCUT2D eigenvalue weighted by atomic mass is 9.90. The predicted molar refractivity (Wildman–Crippen MR) is 72.0 cm³/mol. The molecule has 0 amide bonds. The Morgan fingerprint density at radius 3 is 2.50 bits per heavy atom. The van der Waals surface area contributed by atoms with E-state index in [1.54, 1.807) is 13.8 Å². The molecule has 0 fully saturated rings. The number of thiazole rings is 1. The van der Waals surface area contributed by atoms with Crippen LogP contribution >= 0.6 is 11.3 Å². The van der Waals surface area contributed by atoms with Crippen LogP contribution in [0.5, 0.6) is 0 Å². The first-order valence-corrected chi connectivity index (χ1v) is 6.99. The minimum absolute atomic E-state index is 0.424. The third-order valence-electron chi connectivity index (χ3n) is 3.27. The highest BCUT2D eigenvalue weighted by atomic mass is 32.1. The summed E-state index contributed by atoms with van der Waals surface area (Å²) in [5.41, 5.74) is -0.795. The molecule has 0 aliphatic heterocycles. The van der Waals surface area contributed by atoms with E-state index in [-0.39, 0.29) is 0 Å². The summed E-state index contributed by atoms with van der Waals surface area (Å²) in [6.45, 7) is 9.92. The van der Waals surface area contributed by atoms with Gasteiger partial charge in [0.05, 0.1) is 5.69 Å². The SMILES string of the molecule is CCOC(C)(CC)c1nc(C(C)(C)C(=O)O)cs1. The molecule has 0 aliphatic carbocycles. The molecule has 0 spiro atoms. The number of hydrogen-bond acceptors (Lipinski definition) is 4. The number of carbonyl (C=O) groups is 1. The molecule has 0 bridgehead atoms. The number of carboxylic acids is 1. The van der Waals surface area contributed by atoms with Crippen LogP contribution in [0.25, 0.3) is 0 Å². The van der Waals surface area contributed by atoms with Gasteiger partial charge in [0.2, 0.25) is 0 Å². The average Bonchev–Trinajstić information content (AvgIpc) is 2.79. The number of carboxylic acid groups (broad SMARTS) is 1. The van der Waals surface area contributed by atoms with Crippen LogP contribution in [0.1, 0.15) is 51.7 Å². The Kier molecular flexibility index (Phi) is 4.50. The highest BCUT2D eigenvalue weighted by Crippen LogP contribution is 2.34. The summed E-state index contributed by atoms with van der Waals surface area (Å²) in [4.78, 5) is 15.7. The maximum Gasteiger partial charge on any atom is 0.315 e. The molecule has 1 aromatic heterocycles. The van der Waals surface area contributed by atoms with E-state index in [0.717, 1.165) is 11.4 Å². The topological polar surface area (TPSA) is 59.4 Å². The molecule has 5 heteroatoms. The van der Waals surface area contributed by atoms with E-state index >= 15 is 0 Å². The minimum Gasteiger partial charge on any atom is -0.481 e. The van der Waals surface area contributed by atoms with Gasteiger partial charge in [-0.3, -0.25) is 4.79 Å². The molecule has 1 aromatic rings. The predicted octanol–water partition coefficient (Wildman–Crippen LogP) is 3.17. The van der Waals surface area contributed by atoms with Gasteiger partial charge in [-0.05, 0) is 34.1 Å². The molecule has 1 rings (SSSR count). The maximum absolute atomic E-state index is 11.2. The molecule has 0 saturated carbocycles. The van der Waals surface area contributed by atoms with E-state index in [9.17, 15) is 9.90 Å². The van der Waals surface area contributed by atoms with Crippen molar-refractivity contribution in [3.63, 3.8) is 0 Å². The molecule has 4 nitrogen and oxygen atoms in total. The monoisotopic (exact) mass is 271 g/mol. The molecule has 1 unspecified atom stereocenters. The van der Waals surface area contributed by atoms with Crippen molar-refractivity contribution in [1.82, 2.24) is 4.98 Å². The summed E-state index contributed by atoms with van der Waals surface area (Å²) in [6, 6.07) is 0. The zero-order valence-corrected chi connectivity index (χ0v) is 12.4. The fraction of sp³-hybridized carbons (Fsp3) is 0.692. The summed E-state index contributed by atoms with van der Waals surface area (Å²) in [5, 5.41) is 11.9. The van der Waals surface area contributed by atoms with E-state index in [4.69, 9.17) is 4.74 Å². The summed E-state index contributed by atoms with van der Waals surface area (Å²) >= 11 is 1.47. The Labute approximate surface area is 112 Å². The number of ether oxygens (including phenoxy) is 1.